The van der Waals surface area contributed by atoms with E-state index in [0.29, 0.717) is 29.7 Å². The van der Waals surface area contributed by atoms with Gasteiger partial charge in [-0.3, -0.25) is 28.7 Å². The van der Waals surface area contributed by atoms with Crippen LogP contribution in [0.15, 0.2) is 59.0 Å². The van der Waals surface area contributed by atoms with Crippen LogP contribution >= 0.6 is 34.3 Å². The van der Waals surface area contributed by atoms with Gasteiger partial charge in [0.05, 0.1) is 40.9 Å². The number of aliphatic hydroxyl groups is 1. The van der Waals surface area contributed by atoms with Crippen molar-refractivity contribution in [1.82, 2.24) is 40.6 Å². The summed E-state index contributed by atoms with van der Waals surface area (Å²) in [6.07, 6.45) is -0.245. The van der Waals surface area contributed by atoms with E-state index in [4.69, 9.17) is 26.1 Å². The van der Waals surface area contributed by atoms with Crippen LogP contribution < -0.4 is 16.0 Å². The van der Waals surface area contributed by atoms with Gasteiger partial charge < -0.3 is 35.4 Å². The van der Waals surface area contributed by atoms with Crippen molar-refractivity contribution >= 4 is 63.6 Å². The first kappa shape index (κ1) is 49.5. The normalized spacial score (nSPS) is 17.3. The Hall–Kier alpha value is -5.37. The number of carbonyl (C=O) groups excluding carboxylic acids is 4. The fraction of sp³-hybridized carbons (Fsp3) is 0.458. The first-order valence-electron chi connectivity index (χ1n) is 22.3. The summed E-state index contributed by atoms with van der Waals surface area (Å²) in [7, 11) is 0. The minimum Gasteiger partial charge on any atom is -0.391 e. The number of aliphatic imine (C=N–C) groups is 1. The highest BCUT2D eigenvalue weighted by Crippen LogP contribution is 2.40. The van der Waals surface area contributed by atoms with E-state index >= 15 is 0 Å². The van der Waals surface area contributed by atoms with Gasteiger partial charge in [-0.15, -0.1) is 32.9 Å². The van der Waals surface area contributed by atoms with Gasteiger partial charge in [-0.05, 0) is 68.4 Å². The molecule has 0 aliphatic carbocycles. The maximum Gasteiger partial charge on any atom is 0.246 e. The van der Waals surface area contributed by atoms with Crippen LogP contribution in [-0.4, -0.2) is 117 Å². The number of carbonyl (C=O) groups is 4. The number of amides is 4. The second-order valence-electron chi connectivity index (χ2n) is 17.9. The summed E-state index contributed by atoms with van der Waals surface area (Å²) >= 11 is 9.45. The van der Waals surface area contributed by atoms with Gasteiger partial charge in [0.15, 0.2) is 5.82 Å². The molecule has 4 unspecified atom stereocenters. The van der Waals surface area contributed by atoms with Crippen LogP contribution in [0.1, 0.15) is 90.5 Å². The zero-order valence-electron chi connectivity index (χ0n) is 38.9. The Bertz CT molecular complexity index is 2600. The van der Waals surface area contributed by atoms with Crippen molar-refractivity contribution in [2.45, 2.75) is 98.5 Å². The number of β-amino-alcohol motifs (C(OH)–C–C–N with tert-alkyl or cyclic N) is 1. The van der Waals surface area contributed by atoms with Crippen molar-refractivity contribution in [1.29, 1.82) is 0 Å². The molecule has 5 aromatic rings. The fourth-order valence-corrected chi connectivity index (χ4v) is 10.3. The van der Waals surface area contributed by atoms with Crippen LogP contribution in [0, 0.1) is 33.1 Å². The summed E-state index contributed by atoms with van der Waals surface area (Å²) in [5.41, 5.74) is 7.76. The average molecular weight is 973 g/mol. The zero-order valence-corrected chi connectivity index (χ0v) is 41.2. The molecule has 0 radical (unpaired) electrons. The predicted octanol–water partition coefficient (Wildman–Crippen LogP) is 5.97. The van der Waals surface area contributed by atoms with Crippen molar-refractivity contribution in [2.75, 3.05) is 39.5 Å². The molecule has 4 atom stereocenters. The second-order valence-corrected chi connectivity index (χ2v) is 20.4. The monoisotopic (exact) mass is 971 g/mol. The molecule has 0 spiro atoms. The summed E-state index contributed by atoms with van der Waals surface area (Å²) in [5, 5.41) is 29.7. The number of thiazole rings is 1. The number of hydrogen-bond donors (Lipinski definition) is 4. The van der Waals surface area contributed by atoms with Gasteiger partial charge >= 0.3 is 0 Å². The molecule has 19 heteroatoms. The van der Waals surface area contributed by atoms with Gasteiger partial charge in [-0.1, -0.05) is 68.8 Å². The maximum atomic E-state index is 14.0. The Labute approximate surface area is 403 Å². The number of ether oxygens (including phenoxy) is 2. The smallest absolute Gasteiger partial charge is 0.246 e. The summed E-state index contributed by atoms with van der Waals surface area (Å²) in [4.78, 5) is 66.9. The van der Waals surface area contributed by atoms with Gasteiger partial charge in [0, 0.05) is 60.3 Å². The largest absolute Gasteiger partial charge is 0.391 e. The van der Waals surface area contributed by atoms with E-state index in [1.807, 2.05) is 93.2 Å². The number of likely N-dealkylation sites (tertiary alicyclic amines) is 1. The van der Waals surface area contributed by atoms with E-state index in [1.165, 1.54) is 4.90 Å². The first-order valence-corrected chi connectivity index (χ1v) is 24.4. The quantitative estimate of drug-likeness (QED) is 0.0759. The SMILES string of the molecule is Cc1ncsc1-c1ccc(CNC(=O)C2CC(O)CN2C(=O)C(NC(=O)COCCCOCCNC(=O)CC2N=C(c3ccc(Cl)cc3)c3c(sc(C)c3C)-n3c(C)nnc32)C(C)(C)C)cc1. The molecule has 2 aliphatic rings. The maximum absolute atomic E-state index is 14.0. The highest BCUT2D eigenvalue weighted by atomic mass is 35.5. The van der Waals surface area contributed by atoms with Gasteiger partial charge in [0.25, 0.3) is 0 Å². The number of aliphatic hydroxyl groups excluding tert-OH is 1. The van der Waals surface area contributed by atoms with E-state index in [0.717, 1.165) is 54.0 Å². The van der Waals surface area contributed by atoms with Crippen molar-refractivity contribution in [3.63, 3.8) is 0 Å². The standard InChI is InChI=1S/C48H58ClN9O7S2/c1-27-29(3)67-47-40(27)41(32-13-15-34(49)16-14-32)53-36(44-56-55-30(4)58(44)47)22-38(60)50-17-20-64-18-8-19-65-25-39(61)54-43(48(5,6)7)46(63)57-24-35(59)21-37(57)45(62)51-23-31-9-11-33(12-10-31)42-28(2)52-26-66-42/h9-16,26,35-37,43,59H,8,17-25H2,1-7H3,(H,50,60)(H,51,62)(H,54,61). The molecule has 0 saturated carbocycles. The average Bonchev–Trinajstić information content (AvgIpc) is 4.06. The lowest BCUT2D eigenvalue weighted by Gasteiger charge is -2.35. The number of rotatable bonds is 18. The molecule has 67 heavy (non-hydrogen) atoms. The molecule has 3 aromatic heterocycles. The molecule has 16 nitrogen and oxygen atoms in total. The summed E-state index contributed by atoms with van der Waals surface area (Å²) in [5.74, 6) is -0.210. The number of hydrogen-bond acceptors (Lipinski definition) is 13. The van der Waals surface area contributed by atoms with Crippen LogP contribution in [0.5, 0.6) is 0 Å². The van der Waals surface area contributed by atoms with Crippen molar-refractivity contribution in [3.05, 3.63) is 104 Å². The fourth-order valence-electron chi connectivity index (χ4n) is 8.16. The van der Waals surface area contributed by atoms with Crippen molar-refractivity contribution < 1.29 is 33.8 Å². The third-order valence-corrected chi connectivity index (χ3v) is 14.2. The highest BCUT2D eigenvalue weighted by molar-refractivity contribution is 7.15. The molecule has 2 aromatic carbocycles. The number of benzene rings is 2. The Morgan fingerprint density at radius 1 is 0.925 bits per heavy atom. The third kappa shape index (κ3) is 11.8. The minimum absolute atomic E-state index is 0.0246. The molecule has 5 heterocycles. The Morgan fingerprint density at radius 3 is 2.34 bits per heavy atom. The van der Waals surface area contributed by atoms with Gasteiger partial charge in [0.1, 0.15) is 35.6 Å². The van der Waals surface area contributed by atoms with E-state index in [1.54, 1.807) is 22.7 Å². The Balaban J connectivity index is 0.832. The van der Waals surface area contributed by atoms with Gasteiger partial charge in [-0.25, -0.2) is 4.98 Å². The Morgan fingerprint density at radius 2 is 1.64 bits per heavy atom. The molecule has 7 rings (SSSR count). The predicted molar refractivity (Wildman–Crippen MR) is 259 cm³/mol. The third-order valence-electron chi connectivity index (χ3n) is 11.8. The molecule has 2 aliphatic heterocycles. The molecule has 4 N–H and O–H groups in total. The lowest BCUT2D eigenvalue weighted by molar-refractivity contribution is -0.144. The molecule has 0 bridgehead atoms. The number of nitrogens with one attached hydrogen (secondary N) is 3. The van der Waals surface area contributed by atoms with Crippen LogP contribution in [0.25, 0.3) is 15.4 Å². The molecular weight excluding hydrogens is 914 g/mol. The summed E-state index contributed by atoms with van der Waals surface area (Å²) in [6, 6.07) is 12.9. The molecule has 1 fully saturated rings. The van der Waals surface area contributed by atoms with E-state index in [9.17, 15) is 24.3 Å². The van der Waals surface area contributed by atoms with Crippen LogP contribution in [0.3, 0.4) is 0 Å². The Kier molecular flexibility index (Phi) is 16.1. The minimum atomic E-state index is -0.977. The number of halogens is 1. The number of thiophene rings is 1. The van der Waals surface area contributed by atoms with Crippen LogP contribution in [-0.2, 0) is 35.2 Å². The lowest BCUT2D eigenvalue weighted by atomic mass is 9.85. The molecule has 1 saturated heterocycles. The van der Waals surface area contributed by atoms with Crippen LogP contribution in [0.4, 0.5) is 0 Å². The molecular formula is C48H58ClN9O7S2. The van der Waals surface area contributed by atoms with E-state index < -0.39 is 41.5 Å². The van der Waals surface area contributed by atoms with Crippen molar-refractivity contribution in [3.8, 4) is 15.4 Å². The molecule has 356 valence electrons. The van der Waals surface area contributed by atoms with Crippen LogP contribution in [0.2, 0.25) is 5.02 Å². The van der Waals surface area contributed by atoms with Gasteiger partial charge in [-0.2, -0.15) is 0 Å². The highest BCUT2D eigenvalue weighted by Gasteiger charge is 2.44. The second kappa shape index (κ2) is 21.7. The lowest BCUT2D eigenvalue weighted by Crippen LogP contribution is -2.58. The van der Waals surface area contributed by atoms with E-state index in [-0.39, 0.29) is 64.1 Å². The van der Waals surface area contributed by atoms with E-state index in [2.05, 4.69) is 45.0 Å². The summed E-state index contributed by atoms with van der Waals surface area (Å²) in [6.45, 7) is 14.5. The topological polar surface area (TPSA) is 202 Å². The molecule has 4 amide bonds. The summed E-state index contributed by atoms with van der Waals surface area (Å²) < 4.78 is 13.4. The number of aryl methyl sites for hydroxylation is 3. The number of aromatic nitrogens is 4. The number of fused-ring (bicyclic) bond motifs is 3. The first-order chi connectivity index (χ1) is 32.0. The zero-order chi connectivity index (χ0) is 48.0. The van der Waals surface area contributed by atoms with Gasteiger partial charge in [0.2, 0.25) is 23.6 Å². The number of nitrogens with zero attached hydrogens (tertiary/aromatic N) is 6. The van der Waals surface area contributed by atoms with Crippen molar-refractivity contribution in [2.24, 2.45) is 10.4 Å².